The van der Waals surface area contributed by atoms with E-state index < -0.39 is 5.41 Å². The fraction of sp³-hybridized carbons (Fsp3) is 0.484. The van der Waals surface area contributed by atoms with Crippen molar-refractivity contribution in [3.8, 4) is 0 Å². The molecule has 2 N–H and O–H groups in total. The summed E-state index contributed by atoms with van der Waals surface area (Å²) < 4.78 is 0. The predicted molar refractivity (Wildman–Crippen MR) is 153 cm³/mol. The lowest BCUT2D eigenvalue weighted by Crippen LogP contribution is -2.41. The van der Waals surface area contributed by atoms with Gasteiger partial charge in [0.2, 0.25) is 0 Å². The van der Waals surface area contributed by atoms with E-state index >= 15 is 0 Å². The average Bonchev–Trinajstić information content (AvgIpc) is 3.58. The number of likely N-dealkylation sites (tertiary alicyclic amines) is 1. The van der Waals surface area contributed by atoms with Crippen molar-refractivity contribution in [2.45, 2.75) is 78.2 Å². The molecule has 1 aliphatic heterocycles. The molecular weight excluding hydrogens is 472 g/mol. The number of allylic oxidation sites excluding steroid dienone is 5. The second-order valence-electron chi connectivity index (χ2n) is 11.3. The number of carbonyl (C=O) groups is 1. The van der Waals surface area contributed by atoms with Gasteiger partial charge in [-0.3, -0.25) is 4.79 Å². The van der Waals surface area contributed by atoms with E-state index in [9.17, 15) is 4.79 Å². The third-order valence-electron chi connectivity index (χ3n) is 7.78. The lowest BCUT2D eigenvalue weighted by molar-refractivity contribution is 0.0792. The molecular formula is C31H42N6O. The van der Waals surface area contributed by atoms with Crippen LogP contribution in [0.2, 0.25) is 0 Å². The van der Waals surface area contributed by atoms with Gasteiger partial charge in [0.05, 0.1) is 5.41 Å². The van der Waals surface area contributed by atoms with Crippen LogP contribution in [0.5, 0.6) is 0 Å². The Morgan fingerprint density at radius 3 is 2.58 bits per heavy atom. The number of nitrogens with one attached hydrogen (secondary N) is 2. The minimum absolute atomic E-state index is 0.125. The van der Waals surface area contributed by atoms with Gasteiger partial charge in [-0.05, 0) is 101 Å². The number of benzene rings is 1. The van der Waals surface area contributed by atoms with Crippen molar-refractivity contribution in [1.29, 1.82) is 0 Å². The van der Waals surface area contributed by atoms with Crippen molar-refractivity contribution in [2.75, 3.05) is 19.6 Å². The summed E-state index contributed by atoms with van der Waals surface area (Å²) in [6, 6.07) is 6.39. The summed E-state index contributed by atoms with van der Waals surface area (Å²) in [5.74, 6) is 0.770. The normalized spacial score (nSPS) is 20.8. The molecule has 7 nitrogen and oxygen atoms in total. The first-order chi connectivity index (χ1) is 18.1. The van der Waals surface area contributed by atoms with Gasteiger partial charge < -0.3 is 10.2 Å². The number of amides is 1. The lowest BCUT2D eigenvalue weighted by Gasteiger charge is -2.38. The second-order valence-corrected chi connectivity index (χ2v) is 11.3. The number of aryl methyl sites for hydroxylation is 1. The van der Waals surface area contributed by atoms with Gasteiger partial charge in [-0.2, -0.15) is 5.21 Å². The molecule has 1 fully saturated rings. The van der Waals surface area contributed by atoms with E-state index in [2.05, 4.69) is 78.1 Å². The van der Waals surface area contributed by atoms with Gasteiger partial charge in [-0.15, -0.1) is 10.2 Å². The van der Waals surface area contributed by atoms with Crippen LogP contribution in [0.4, 0.5) is 0 Å². The SMILES string of the molecule is C=C(C)/C=C(/C)C1=C(C)CCc2cc(C(=O)N3CCCC3)ccc2C1(CC(C)NCC(=C)C)c1nn[nH]n1. The number of H-pyrrole nitrogens is 1. The molecule has 1 aliphatic carbocycles. The number of hydrogen-bond acceptors (Lipinski definition) is 5. The highest BCUT2D eigenvalue weighted by atomic mass is 16.2. The number of aromatic nitrogens is 4. The van der Waals surface area contributed by atoms with Crippen LogP contribution in [0.25, 0.3) is 0 Å². The molecule has 1 aromatic heterocycles. The Hall–Kier alpha value is -3.32. The quantitative estimate of drug-likeness (QED) is 0.343. The number of aromatic amines is 1. The van der Waals surface area contributed by atoms with Gasteiger partial charge in [0.1, 0.15) is 0 Å². The van der Waals surface area contributed by atoms with Crippen molar-refractivity contribution in [3.63, 3.8) is 0 Å². The fourth-order valence-electron chi connectivity index (χ4n) is 6.27. The third kappa shape index (κ3) is 5.58. The summed E-state index contributed by atoms with van der Waals surface area (Å²) in [5, 5.41) is 19.6. The lowest BCUT2D eigenvalue weighted by atomic mass is 9.65. The number of nitrogens with zero attached hydrogens (tertiary/aromatic N) is 4. The molecule has 0 saturated carbocycles. The van der Waals surface area contributed by atoms with Crippen molar-refractivity contribution in [3.05, 3.63) is 87.8 Å². The van der Waals surface area contributed by atoms with Crippen LogP contribution in [0.15, 0.2) is 65.3 Å². The molecule has 1 aromatic carbocycles. The maximum atomic E-state index is 13.3. The molecule has 0 bridgehead atoms. The highest BCUT2D eigenvalue weighted by molar-refractivity contribution is 5.94. The number of fused-ring (bicyclic) bond motifs is 1. The third-order valence-corrected chi connectivity index (χ3v) is 7.78. The minimum Gasteiger partial charge on any atom is -0.339 e. The molecule has 38 heavy (non-hydrogen) atoms. The molecule has 1 amide bonds. The molecule has 1 saturated heterocycles. The first-order valence-electron chi connectivity index (χ1n) is 13.7. The summed E-state index contributed by atoms with van der Waals surface area (Å²) in [6.07, 6.45) is 6.76. The molecule has 7 heteroatoms. The van der Waals surface area contributed by atoms with Crippen molar-refractivity contribution in [2.24, 2.45) is 0 Å². The molecule has 0 spiro atoms. The maximum absolute atomic E-state index is 13.3. The van der Waals surface area contributed by atoms with Crippen LogP contribution >= 0.6 is 0 Å². The van der Waals surface area contributed by atoms with Crippen LogP contribution < -0.4 is 5.32 Å². The van der Waals surface area contributed by atoms with E-state index in [0.717, 1.165) is 79.6 Å². The Balaban J connectivity index is 1.94. The van der Waals surface area contributed by atoms with E-state index in [1.165, 1.54) is 16.7 Å². The number of hydrogen-bond donors (Lipinski definition) is 2. The van der Waals surface area contributed by atoms with Gasteiger partial charge in [0.15, 0.2) is 5.82 Å². The summed E-state index contributed by atoms with van der Waals surface area (Å²) in [6.45, 7) is 21.3. The fourth-order valence-corrected chi connectivity index (χ4v) is 6.27. The van der Waals surface area contributed by atoms with E-state index in [-0.39, 0.29) is 11.9 Å². The van der Waals surface area contributed by atoms with Crippen molar-refractivity contribution >= 4 is 5.91 Å². The Labute approximate surface area is 227 Å². The monoisotopic (exact) mass is 514 g/mol. The van der Waals surface area contributed by atoms with E-state index in [1.807, 2.05) is 24.8 Å². The van der Waals surface area contributed by atoms with E-state index in [4.69, 9.17) is 0 Å². The Kier molecular flexibility index (Phi) is 8.46. The van der Waals surface area contributed by atoms with Gasteiger partial charge in [-0.1, -0.05) is 47.2 Å². The smallest absolute Gasteiger partial charge is 0.253 e. The topological polar surface area (TPSA) is 86.8 Å². The van der Waals surface area contributed by atoms with Gasteiger partial charge in [0.25, 0.3) is 5.91 Å². The molecule has 202 valence electrons. The van der Waals surface area contributed by atoms with E-state index in [1.54, 1.807) is 0 Å². The van der Waals surface area contributed by atoms with Crippen LogP contribution in [0, 0.1) is 0 Å². The highest BCUT2D eigenvalue weighted by Gasteiger charge is 2.47. The van der Waals surface area contributed by atoms with Crippen LogP contribution in [-0.2, 0) is 11.8 Å². The molecule has 2 unspecified atom stereocenters. The number of tetrazole rings is 1. The van der Waals surface area contributed by atoms with Gasteiger partial charge in [0, 0.05) is 31.2 Å². The highest BCUT2D eigenvalue weighted by Crippen LogP contribution is 2.49. The van der Waals surface area contributed by atoms with Crippen molar-refractivity contribution in [1.82, 2.24) is 30.8 Å². The standard InChI is InChI=1S/C31H42N6O/c1-20(2)16-23(6)28-22(5)10-11-25-17-26(29(38)37-14-8-9-15-37)12-13-27(25)31(28,30-33-35-36-34-30)18-24(7)32-19-21(3)4/h12-13,16-17,24,32H,1,3,8-11,14-15,18-19H2,2,4-7H3,(H,33,34,35,36)/b23-16-. The zero-order valence-corrected chi connectivity index (χ0v) is 23.7. The van der Waals surface area contributed by atoms with Crippen LogP contribution in [-0.4, -0.2) is 57.1 Å². The van der Waals surface area contributed by atoms with Crippen LogP contribution in [0.3, 0.4) is 0 Å². The van der Waals surface area contributed by atoms with Crippen LogP contribution in [0.1, 0.15) is 87.6 Å². The molecule has 4 rings (SSSR count). The minimum atomic E-state index is -0.657. The molecule has 2 aromatic rings. The predicted octanol–water partition coefficient (Wildman–Crippen LogP) is 5.45. The maximum Gasteiger partial charge on any atom is 0.253 e. The molecule has 2 aliphatic rings. The Bertz CT molecular complexity index is 1270. The zero-order valence-electron chi connectivity index (χ0n) is 23.7. The molecule has 2 atom stereocenters. The molecule has 2 heterocycles. The largest absolute Gasteiger partial charge is 0.339 e. The first kappa shape index (κ1) is 27.7. The van der Waals surface area contributed by atoms with Gasteiger partial charge >= 0.3 is 0 Å². The average molecular weight is 515 g/mol. The number of carbonyl (C=O) groups excluding carboxylic acids is 1. The zero-order chi connectivity index (χ0) is 27.4. The summed E-state index contributed by atoms with van der Waals surface area (Å²) in [5.41, 5.74) is 8.15. The second kappa shape index (κ2) is 11.6. The Morgan fingerprint density at radius 2 is 1.95 bits per heavy atom. The van der Waals surface area contributed by atoms with Gasteiger partial charge in [-0.25, -0.2) is 0 Å². The Morgan fingerprint density at radius 1 is 1.21 bits per heavy atom. The summed E-state index contributed by atoms with van der Waals surface area (Å²) in [4.78, 5) is 15.3. The number of rotatable bonds is 9. The van der Waals surface area contributed by atoms with Crippen molar-refractivity contribution < 1.29 is 4.79 Å². The summed E-state index contributed by atoms with van der Waals surface area (Å²) in [7, 11) is 0. The van der Waals surface area contributed by atoms with E-state index in [0.29, 0.717) is 5.82 Å². The summed E-state index contributed by atoms with van der Waals surface area (Å²) >= 11 is 0. The molecule has 0 radical (unpaired) electrons. The first-order valence-corrected chi connectivity index (χ1v) is 13.7.